The molecule has 0 aromatic heterocycles. The number of halogens is 1. The van der Waals surface area contributed by atoms with Crippen molar-refractivity contribution < 1.29 is 23.8 Å². The fraction of sp³-hybridized carbons (Fsp3) is 0.130. The summed E-state index contributed by atoms with van der Waals surface area (Å²) in [6.45, 7) is -0.300. The van der Waals surface area contributed by atoms with Crippen LogP contribution in [0.3, 0.4) is 0 Å². The van der Waals surface area contributed by atoms with Gasteiger partial charge in [-0.15, -0.1) is 0 Å². The van der Waals surface area contributed by atoms with E-state index in [0.717, 1.165) is 11.1 Å². The van der Waals surface area contributed by atoms with E-state index in [9.17, 15) is 9.59 Å². The summed E-state index contributed by atoms with van der Waals surface area (Å²) in [7, 11) is 0. The van der Waals surface area contributed by atoms with Gasteiger partial charge in [-0.3, -0.25) is 4.79 Å². The summed E-state index contributed by atoms with van der Waals surface area (Å²) in [4.78, 5) is 24.8. The zero-order valence-electron chi connectivity index (χ0n) is 15.8. The molecule has 1 amide bonds. The van der Waals surface area contributed by atoms with Gasteiger partial charge >= 0.3 is 5.97 Å². The first-order valence-corrected chi connectivity index (χ1v) is 9.64. The highest BCUT2D eigenvalue weighted by Crippen LogP contribution is 2.32. The number of hydrogen-bond donors (Lipinski definition) is 1. The van der Waals surface area contributed by atoms with E-state index in [4.69, 9.17) is 25.8 Å². The smallest absolute Gasteiger partial charge is 0.338 e. The van der Waals surface area contributed by atoms with Gasteiger partial charge in [0, 0.05) is 5.02 Å². The minimum Gasteiger partial charge on any atom is -0.454 e. The Bertz CT molecular complexity index is 1050. The Morgan fingerprint density at radius 2 is 1.63 bits per heavy atom. The fourth-order valence-corrected chi connectivity index (χ4v) is 3.23. The third kappa shape index (κ3) is 4.55. The van der Waals surface area contributed by atoms with E-state index in [2.05, 4.69) is 5.32 Å². The van der Waals surface area contributed by atoms with Crippen LogP contribution in [-0.4, -0.2) is 25.3 Å². The zero-order chi connectivity index (χ0) is 20.9. The van der Waals surface area contributed by atoms with Crippen molar-refractivity contribution in [2.75, 3.05) is 13.4 Å². The molecule has 3 aromatic carbocycles. The number of carbonyl (C=O) groups excluding carboxylic acids is 2. The second-order valence-corrected chi connectivity index (χ2v) is 7.04. The molecule has 1 aliphatic rings. The standard InChI is InChI=1S/C23H18ClNO5/c24-18-9-6-16(7-10-18)22(15-4-2-1-3-5-15)25-21(26)13-28-23(27)17-8-11-19-20(12-17)30-14-29-19/h1-12,22H,13-14H2,(H,25,26). The van der Waals surface area contributed by atoms with Gasteiger partial charge in [-0.25, -0.2) is 4.79 Å². The van der Waals surface area contributed by atoms with Crippen LogP contribution in [0.1, 0.15) is 27.5 Å². The fourth-order valence-electron chi connectivity index (χ4n) is 3.10. The quantitative estimate of drug-likeness (QED) is 0.603. The van der Waals surface area contributed by atoms with Crippen LogP contribution in [0.25, 0.3) is 0 Å². The van der Waals surface area contributed by atoms with Gasteiger partial charge in [-0.2, -0.15) is 0 Å². The SMILES string of the molecule is O=C(COC(=O)c1ccc2c(c1)OCO2)NC(c1ccccc1)c1ccc(Cl)cc1. The van der Waals surface area contributed by atoms with E-state index >= 15 is 0 Å². The predicted octanol–water partition coefficient (Wildman–Crippen LogP) is 4.13. The number of esters is 1. The van der Waals surface area contributed by atoms with Crippen molar-refractivity contribution in [2.45, 2.75) is 6.04 Å². The Morgan fingerprint density at radius 1 is 0.933 bits per heavy atom. The van der Waals surface area contributed by atoms with Crippen LogP contribution in [0.15, 0.2) is 72.8 Å². The van der Waals surface area contributed by atoms with E-state index in [0.29, 0.717) is 16.5 Å². The lowest BCUT2D eigenvalue weighted by Gasteiger charge is -2.20. The number of hydrogen-bond acceptors (Lipinski definition) is 5. The molecular weight excluding hydrogens is 406 g/mol. The largest absolute Gasteiger partial charge is 0.454 e. The van der Waals surface area contributed by atoms with Gasteiger partial charge < -0.3 is 19.5 Å². The summed E-state index contributed by atoms with van der Waals surface area (Å²) >= 11 is 5.98. The van der Waals surface area contributed by atoms with Gasteiger partial charge in [0.05, 0.1) is 11.6 Å². The average Bonchev–Trinajstić information content (AvgIpc) is 3.25. The molecule has 30 heavy (non-hydrogen) atoms. The molecule has 1 N–H and O–H groups in total. The molecule has 0 aliphatic carbocycles. The monoisotopic (exact) mass is 423 g/mol. The maximum absolute atomic E-state index is 12.5. The molecule has 0 saturated carbocycles. The molecular formula is C23H18ClNO5. The zero-order valence-corrected chi connectivity index (χ0v) is 16.6. The van der Waals surface area contributed by atoms with Crippen LogP contribution in [-0.2, 0) is 9.53 Å². The highest BCUT2D eigenvalue weighted by molar-refractivity contribution is 6.30. The second-order valence-electron chi connectivity index (χ2n) is 6.61. The topological polar surface area (TPSA) is 73.9 Å². The number of amides is 1. The van der Waals surface area contributed by atoms with Crippen molar-refractivity contribution in [1.82, 2.24) is 5.32 Å². The molecule has 1 aliphatic heterocycles. The van der Waals surface area contributed by atoms with E-state index in [1.54, 1.807) is 24.3 Å². The van der Waals surface area contributed by atoms with Crippen LogP contribution >= 0.6 is 11.6 Å². The third-order valence-electron chi connectivity index (χ3n) is 4.58. The van der Waals surface area contributed by atoms with Gasteiger partial charge in [-0.05, 0) is 41.5 Å². The lowest BCUT2D eigenvalue weighted by atomic mass is 9.99. The van der Waals surface area contributed by atoms with Gasteiger partial charge in [0.1, 0.15) is 0 Å². The van der Waals surface area contributed by atoms with Crippen molar-refractivity contribution >= 4 is 23.5 Å². The van der Waals surface area contributed by atoms with E-state index in [1.807, 2.05) is 42.5 Å². The molecule has 0 fully saturated rings. The van der Waals surface area contributed by atoms with Gasteiger partial charge in [0.25, 0.3) is 5.91 Å². The average molecular weight is 424 g/mol. The number of nitrogens with one attached hydrogen (secondary N) is 1. The first-order chi connectivity index (χ1) is 14.6. The first kappa shape index (κ1) is 19.8. The summed E-state index contributed by atoms with van der Waals surface area (Å²) < 4.78 is 15.6. The van der Waals surface area contributed by atoms with Crippen molar-refractivity contribution in [1.29, 1.82) is 0 Å². The van der Waals surface area contributed by atoms with E-state index in [1.165, 1.54) is 6.07 Å². The normalized spacial score (nSPS) is 12.8. The highest BCUT2D eigenvalue weighted by atomic mass is 35.5. The summed E-state index contributed by atoms with van der Waals surface area (Å²) in [6, 6.07) is 21.1. The summed E-state index contributed by atoms with van der Waals surface area (Å²) in [5, 5.41) is 3.52. The van der Waals surface area contributed by atoms with Crippen LogP contribution in [0.2, 0.25) is 5.02 Å². The van der Waals surface area contributed by atoms with Gasteiger partial charge in [-0.1, -0.05) is 54.1 Å². The third-order valence-corrected chi connectivity index (χ3v) is 4.84. The molecule has 0 bridgehead atoms. The molecule has 0 saturated heterocycles. The summed E-state index contributed by atoms with van der Waals surface area (Å²) in [5.41, 5.74) is 2.04. The molecule has 0 spiro atoms. The molecule has 6 nitrogen and oxygen atoms in total. The van der Waals surface area contributed by atoms with Crippen LogP contribution in [0.5, 0.6) is 11.5 Å². The Labute approximate surface area is 178 Å². The predicted molar refractivity (Wildman–Crippen MR) is 111 cm³/mol. The summed E-state index contributed by atoms with van der Waals surface area (Å²) in [6.07, 6.45) is 0. The lowest BCUT2D eigenvalue weighted by molar-refractivity contribution is -0.124. The summed E-state index contributed by atoms with van der Waals surface area (Å²) in [5.74, 6) is -0.00200. The van der Waals surface area contributed by atoms with Crippen molar-refractivity contribution in [3.05, 3.63) is 94.5 Å². The van der Waals surface area contributed by atoms with Gasteiger partial charge in [0.2, 0.25) is 6.79 Å². The number of benzene rings is 3. The number of rotatable bonds is 6. The maximum atomic E-state index is 12.5. The Hall–Kier alpha value is -3.51. The Balaban J connectivity index is 1.42. The first-order valence-electron chi connectivity index (χ1n) is 9.27. The number of ether oxygens (including phenoxy) is 3. The van der Waals surface area contributed by atoms with Crippen LogP contribution in [0.4, 0.5) is 0 Å². The van der Waals surface area contributed by atoms with Crippen LogP contribution in [0, 0.1) is 0 Å². The molecule has 1 atom stereocenters. The molecule has 1 heterocycles. The van der Waals surface area contributed by atoms with Gasteiger partial charge in [0.15, 0.2) is 18.1 Å². The van der Waals surface area contributed by atoms with E-state index in [-0.39, 0.29) is 12.4 Å². The molecule has 0 radical (unpaired) electrons. The Morgan fingerprint density at radius 3 is 2.40 bits per heavy atom. The highest BCUT2D eigenvalue weighted by Gasteiger charge is 2.20. The molecule has 3 aromatic rings. The van der Waals surface area contributed by atoms with Crippen LogP contribution < -0.4 is 14.8 Å². The molecule has 1 unspecified atom stereocenters. The van der Waals surface area contributed by atoms with Crippen molar-refractivity contribution in [2.24, 2.45) is 0 Å². The minimum atomic E-state index is -0.619. The van der Waals surface area contributed by atoms with Crippen molar-refractivity contribution in [3.63, 3.8) is 0 Å². The number of fused-ring (bicyclic) bond motifs is 1. The Kier molecular flexibility index (Phi) is 5.86. The maximum Gasteiger partial charge on any atom is 0.338 e. The molecule has 4 rings (SSSR count). The number of carbonyl (C=O) groups is 2. The second kappa shape index (κ2) is 8.88. The van der Waals surface area contributed by atoms with Crippen molar-refractivity contribution in [3.8, 4) is 11.5 Å². The molecule has 7 heteroatoms. The van der Waals surface area contributed by atoms with E-state index < -0.39 is 24.5 Å². The molecule has 152 valence electrons. The minimum absolute atomic E-state index is 0.113. The lowest BCUT2D eigenvalue weighted by Crippen LogP contribution is -2.33.